The van der Waals surface area contributed by atoms with Gasteiger partial charge in [-0.2, -0.15) is 0 Å². The number of nitrogens with two attached hydrogens (primary N) is 2. The average Bonchev–Trinajstić information content (AvgIpc) is 2.07. The fraction of sp³-hybridized carbons (Fsp3) is 0.333. The molecule has 4 N–H and O–H groups in total. The van der Waals surface area contributed by atoms with Gasteiger partial charge in [-0.15, -0.1) is 11.6 Å². The zero-order valence-electron chi connectivity index (χ0n) is 6.89. The summed E-state index contributed by atoms with van der Waals surface area (Å²) in [6.45, 7) is 0. The molecule has 0 aliphatic heterocycles. The normalized spacial score (nSPS) is 10.1. The summed E-state index contributed by atoms with van der Waals surface area (Å²) in [5.74, 6) is 0.661. The Hall–Kier alpha value is -0.890. The number of benzene rings is 1. The molecule has 0 saturated carbocycles. The van der Waals surface area contributed by atoms with E-state index in [0.29, 0.717) is 5.88 Å². The number of anilines is 2. The molecule has 0 amide bonds. The molecule has 1 aromatic rings. The number of aryl methyl sites for hydroxylation is 1. The zero-order valence-corrected chi connectivity index (χ0v) is 7.64. The van der Waals surface area contributed by atoms with E-state index >= 15 is 0 Å². The third-order valence-electron chi connectivity index (χ3n) is 1.75. The van der Waals surface area contributed by atoms with Gasteiger partial charge in [-0.05, 0) is 36.6 Å². The largest absolute Gasteiger partial charge is 0.399 e. The lowest BCUT2D eigenvalue weighted by atomic mass is 10.1. The van der Waals surface area contributed by atoms with Crippen LogP contribution in [0.1, 0.15) is 12.0 Å². The molecule has 1 aromatic carbocycles. The molecule has 0 fully saturated rings. The Morgan fingerprint density at radius 2 is 2.00 bits per heavy atom. The average molecular weight is 185 g/mol. The Bertz CT molecular complexity index is 261. The highest BCUT2D eigenvalue weighted by molar-refractivity contribution is 6.17. The molecule has 0 radical (unpaired) electrons. The van der Waals surface area contributed by atoms with Gasteiger partial charge in [-0.3, -0.25) is 0 Å². The number of nitrogen functional groups attached to an aromatic ring is 2. The van der Waals surface area contributed by atoms with E-state index in [9.17, 15) is 0 Å². The van der Waals surface area contributed by atoms with E-state index in [1.807, 2.05) is 12.1 Å². The van der Waals surface area contributed by atoms with Gasteiger partial charge in [0.1, 0.15) is 0 Å². The predicted octanol–water partition coefficient (Wildman–Crippen LogP) is 2.02. The first-order valence-corrected chi connectivity index (χ1v) is 4.47. The van der Waals surface area contributed by atoms with Crippen LogP contribution in [0.15, 0.2) is 18.2 Å². The molecule has 0 aliphatic carbocycles. The third-order valence-corrected chi connectivity index (χ3v) is 2.01. The lowest BCUT2D eigenvalue weighted by Gasteiger charge is -2.04. The molecule has 0 atom stereocenters. The maximum absolute atomic E-state index is 5.73. The van der Waals surface area contributed by atoms with Gasteiger partial charge >= 0.3 is 0 Å². The number of halogens is 1. The maximum atomic E-state index is 5.73. The van der Waals surface area contributed by atoms with Gasteiger partial charge in [0.05, 0.1) is 0 Å². The molecule has 0 bridgehead atoms. The summed E-state index contributed by atoms with van der Waals surface area (Å²) in [6, 6.07) is 5.54. The molecule has 2 nitrogen and oxygen atoms in total. The molecule has 0 saturated heterocycles. The number of alkyl halides is 1. The highest BCUT2D eigenvalue weighted by atomic mass is 35.5. The highest BCUT2D eigenvalue weighted by Crippen LogP contribution is 2.17. The predicted molar refractivity (Wildman–Crippen MR) is 54.3 cm³/mol. The molecule has 12 heavy (non-hydrogen) atoms. The van der Waals surface area contributed by atoms with E-state index in [1.54, 1.807) is 6.07 Å². The molecule has 1 rings (SSSR count). The first kappa shape index (κ1) is 9.20. The molecule has 0 aromatic heterocycles. The van der Waals surface area contributed by atoms with Crippen molar-refractivity contribution in [3.05, 3.63) is 23.8 Å². The first-order valence-electron chi connectivity index (χ1n) is 3.94. The van der Waals surface area contributed by atoms with Crippen LogP contribution in [0.25, 0.3) is 0 Å². The molecular weight excluding hydrogens is 172 g/mol. The molecule has 0 heterocycles. The van der Waals surface area contributed by atoms with E-state index in [4.69, 9.17) is 23.1 Å². The summed E-state index contributed by atoms with van der Waals surface area (Å²) in [7, 11) is 0. The summed E-state index contributed by atoms with van der Waals surface area (Å²) in [5.41, 5.74) is 14.0. The molecular formula is C9H13ClN2. The Kier molecular flexibility index (Phi) is 3.23. The van der Waals surface area contributed by atoms with Gasteiger partial charge in [-0.25, -0.2) is 0 Å². The Morgan fingerprint density at radius 3 is 2.67 bits per heavy atom. The fourth-order valence-electron chi connectivity index (χ4n) is 1.10. The van der Waals surface area contributed by atoms with Crippen molar-refractivity contribution in [3.8, 4) is 0 Å². The van der Waals surface area contributed by atoms with E-state index in [0.717, 1.165) is 29.8 Å². The van der Waals surface area contributed by atoms with Crippen LogP contribution in [0.4, 0.5) is 11.4 Å². The van der Waals surface area contributed by atoms with Gasteiger partial charge in [0.15, 0.2) is 0 Å². The summed E-state index contributed by atoms with van der Waals surface area (Å²) in [6.07, 6.45) is 1.84. The van der Waals surface area contributed by atoms with Gasteiger partial charge in [-0.1, -0.05) is 0 Å². The topological polar surface area (TPSA) is 52.0 Å². The summed E-state index contributed by atoms with van der Waals surface area (Å²) >= 11 is 5.57. The van der Waals surface area contributed by atoms with Crippen LogP contribution in [0.2, 0.25) is 0 Å². The van der Waals surface area contributed by atoms with Crippen molar-refractivity contribution in [2.45, 2.75) is 12.8 Å². The minimum atomic E-state index is 0.661. The lowest BCUT2D eigenvalue weighted by molar-refractivity contribution is 0.932. The molecule has 0 spiro atoms. The first-order chi connectivity index (χ1) is 5.74. The smallest absolute Gasteiger partial charge is 0.0348 e. The highest BCUT2D eigenvalue weighted by Gasteiger charge is 1.98. The minimum Gasteiger partial charge on any atom is -0.399 e. The van der Waals surface area contributed by atoms with E-state index in [2.05, 4.69) is 0 Å². The number of rotatable bonds is 3. The van der Waals surface area contributed by atoms with Gasteiger partial charge < -0.3 is 11.5 Å². The van der Waals surface area contributed by atoms with Crippen molar-refractivity contribution in [3.63, 3.8) is 0 Å². The van der Waals surface area contributed by atoms with Gasteiger partial charge in [0.2, 0.25) is 0 Å². The van der Waals surface area contributed by atoms with Crippen LogP contribution in [0, 0.1) is 0 Å². The number of hydrogen-bond acceptors (Lipinski definition) is 2. The zero-order chi connectivity index (χ0) is 8.97. The Labute approximate surface area is 77.5 Å². The van der Waals surface area contributed by atoms with E-state index < -0.39 is 0 Å². The van der Waals surface area contributed by atoms with Crippen molar-refractivity contribution in [2.75, 3.05) is 17.3 Å². The van der Waals surface area contributed by atoms with Crippen molar-refractivity contribution in [2.24, 2.45) is 0 Å². The second kappa shape index (κ2) is 4.21. The quantitative estimate of drug-likeness (QED) is 0.558. The standard InChI is InChI=1S/C9H13ClN2/c10-5-1-2-7-6-8(11)3-4-9(7)12/h3-4,6H,1-2,5,11-12H2. The number of hydrogen-bond donors (Lipinski definition) is 2. The van der Waals surface area contributed by atoms with Crippen molar-refractivity contribution >= 4 is 23.0 Å². The van der Waals surface area contributed by atoms with Crippen LogP contribution in [0.5, 0.6) is 0 Å². The monoisotopic (exact) mass is 184 g/mol. The van der Waals surface area contributed by atoms with Crippen LogP contribution >= 0.6 is 11.6 Å². The van der Waals surface area contributed by atoms with Gasteiger partial charge in [0.25, 0.3) is 0 Å². The third kappa shape index (κ3) is 2.31. The minimum absolute atomic E-state index is 0.661. The van der Waals surface area contributed by atoms with E-state index in [1.165, 1.54) is 0 Å². The second-order valence-electron chi connectivity index (χ2n) is 2.75. The van der Waals surface area contributed by atoms with Crippen LogP contribution < -0.4 is 11.5 Å². The molecule has 0 unspecified atom stereocenters. The maximum Gasteiger partial charge on any atom is 0.0348 e. The van der Waals surface area contributed by atoms with Crippen molar-refractivity contribution in [1.29, 1.82) is 0 Å². The fourth-order valence-corrected chi connectivity index (χ4v) is 1.23. The molecule has 66 valence electrons. The van der Waals surface area contributed by atoms with Gasteiger partial charge in [0, 0.05) is 17.3 Å². The SMILES string of the molecule is Nc1ccc(N)c(CCCCl)c1. The van der Waals surface area contributed by atoms with E-state index in [-0.39, 0.29) is 0 Å². The summed E-state index contributed by atoms with van der Waals surface area (Å²) < 4.78 is 0. The summed E-state index contributed by atoms with van der Waals surface area (Å²) in [4.78, 5) is 0. The van der Waals surface area contributed by atoms with Crippen molar-refractivity contribution in [1.82, 2.24) is 0 Å². The Morgan fingerprint density at radius 1 is 1.25 bits per heavy atom. The van der Waals surface area contributed by atoms with Crippen molar-refractivity contribution < 1.29 is 0 Å². The summed E-state index contributed by atoms with van der Waals surface area (Å²) in [5, 5.41) is 0. The van der Waals surface area contributed by atoms with Crippen LogP contribution in [-0.4, -0.2) is 5.88 Å². The molecule has 3 heteroatoms. The molecule has 0 aliphatic rings. The lowest BCUT2D eigenvalue weighted by Crippen LogP contribution is -1.96. The Balaban J connectivity index is 2.75. The second-order valence-corrected chi connectivity index (χ2v) is 3.13. The van der Waals surface area contributed by atoms with Crippen LogP contribution in [-0.2, 0) is 6.42 Å². The van der Waals surface area contributed by atoms with Crippen LogP contribution in [0.3, 0.4) is 0 Å².